The number of hydrogen-bond acceptors (Lipinski definition) is 2. The molecular formula is C14H13ClINO. The molecule has 2 aromatic rings. The molecule has 0 aliphatic rings. The standard InChI is InChI=1S/C14H13ClINO/c15-12-5-6-14(13(16)7-12)17-8-10-1-3-11(9-18)4-2-10/h1-7,17-18H,8-9H2. The number of benzene rings is 2. The molecule has 0 spiro atoms. The molecule has 2 aromatic carbocycles. The van der Waals surface area contributed by atoms with Gasteiger partial charge in [0.25, 0.3) is 0 Å². The first kappa shape index (κ1) is 13.6. The maximum absolute atomic E-state index is 8.97. The zero-order chi connectivity index (χ0) is 13.0. The molecule has 0 aliphatic carbocycles. The number of aliphatic hydroxyl groups excluding tert-OH is 1. The van der Waals surface area contributed by atoms with Crippen LogP contribution in [0.15, 0.2) is 42.5 Å². The van der Waals surface area contributed by atoms with Crippen LogP contribution >= 0.6 is 34.2 Å². The molecule has 2 rings (SSSR count). The normalized spacial score (nSPS) is 10.4. The lowest BCUT2D eigenvalue weighted by molar-refractivity contribution is 0.282. The largest absolute Gasteiger partial charge is 0.392 e. The second-order valence-electron chi connectivity index (χ2n) is 3.95. The minimum Gasteiger partial charge on any atom is -0.392 e. The van der Waals surface area contributed by atoms with Crippen molar-refractivity contribution in [2.75, 3.05) is 5.32 Å². The van der Waals surface area contributed by atoms with Crippen molar-refractivity contribution >= 4 is 39.9 Å². The zero-order valence-electron chi connectivity index (χ0n) is 9.66. The Balaban J connectivity index is 2.02. The maximum atomic E-state index is 8.97. The summed E-state index contributed by atoms with van der Waals surface area (Å²) in [6, 6.07) is 13.7. The molecule has 0 atom stereocenters. The highest BCUT2D eigenvalue weighted by Crippen LogP contribution is 2.22. The Morgan fingerprint density at radius 3 is 2.33 bits per heavy atom. The monoisotopic (exact) mass is 373 g/mol. The molecule has 0 saturated heterocycles. The van der Waals surface area contributed by atoms with Gasteiger partial charge >= 0.3 is 0 Å². The summed E-state index contributed by atoms with van der Waals surface area (Å²) in [7, 11) is 0. The fourth-order valence-corrected chi connectivity index (χ4v) is 2.65. The third kappa shape index (κ3) is 3.60. The number of anilines is 1. The van der Waals surface area contributed by atoms with E-state index in [0.29, 0.717) is 0 Å². The van der Waals surface area contributed by atoms with Crippen molar-refractivity contribution in [1.82, 2.24) is 0 Å². The Bertz CT molecular complexity index is 528. The van der Waals surface area contributed by atoms with Crippen LogP contribution in [0.25, 0.3) is 0 Å². The van der Waals surface area contributed by atoms with E-state index in [9.17, 15) is 0 Å². The molecule has 18 heavy (non-hydrogen) atoms. The van der Waals surface area contributed by atoms with Crippen LogP contribution in [-0.4, -0.2) is 5.11 Å². The average molecular weight is 374 g/mol. The summed E-state index contributed by atoms with van der Waals surface area (Å²) in [5.41, 5.74) is 3.18. The van der Waals surface area contributed by atoms with Gasteiger partial charge in [-0.1, -0.05) is 35.9 Å². The Morgan fingerprint density at radius 1 is 1.06 bits per heavy atom. The van der Waals surface area contributed by atoms with Gasteiger partial charge in [0.1, 0.15) is 0 Å². The van der Waals surface area contributed by atoms with Crippen LogP contribution in [-0.2, 0) is 13.2 Å². The quantitative estimate of drug-likeness (QED) is 0.793. The third-order valence-corrected chi connectivity index (χ3v) is 3.75. The maximum Gasteiger partial charge on any atom is 0.0681 e. The topological polar surface area (TPSA) is 32.3 Å². The third-order valence-electron chi connectivity index (χ3n) is 2.62. The van der Waals surface area contributed by atoms with Crippen LogP contribution in [0.4, 0.5) is 5.69 Å². The highest BCUT2D eigenvalue weighted by Gasteiger charge is 2.00. The molecule has 0 heterocycles. The summed E-state index contributed by atoms with van der Waals surface area (Å²) >= 11 is 8.17. The van der Waals surface area contributed by atoms with Crippen molar-refractivity contribution in [3.8, 4) is 0 Å². The van der Waals surface area contributed by atoms with E-state index in [2.05, 4.69) is 27.9 Å². The van der Waals surface area contributed by atoms with E-state index < -0.39 is 0 Å². The Labute approximate surface area is 125 Å². The first-order valence-electron chi connectivity index (χ1n) is 5.56. The molecule has 0 fully saturated rings. The number of aliphatic hydroxyl groups is 1. The highest BCUT2D eigenvalue weighted by molar-refractivity contribution is 14.1. The van der Waals surface area contributed by atoms with E-state index in [4.69, 9.17) is 16.7 Å². The van der Waals surface area contributed by atoms with Crippen molar-refractivity contribution in [3.05, 3.63) is 62.2 Å². The highest BCUT2D eigenvalue weighted by atomic mass is 127. The fourth-order valence-electron chi connectivity index (χ4n) is 1.59. The van der Waals surface area contributed by atoms with E-state index in [1.54, 1.807) is 0 Å². The minimum absolute atomic E-state index is 0.0861. The molecule has 0 bridgehead atoms. The second-order valence-corrected chi connectivity index (χ2v) is 5.55. The predicted molar refractivity (Wildman–Crippen MR) is 83.9 cm³/mol. The van der Waals surface area contributed by atoms with Crippen molar-refractivity contribution in [2.45, 2.75) is 13.2 Å². The van der Waals surface area contributed by atoms with Crippen LogP contribution in [0, 0.1) is 3.57 Å². The van der Waals surface area contributed by atoms with Gasteiger partial charge in [0.2, 0.25) is 0 Å². The van der Waals surface area contributed by atoms with Gasteiger partial charge in [0, 0.05) is 20.8 Å². The molecule has 2 nitrogen and oxygen atoms in total. The molecule has 4 heteroatoms. The van der Waals surface area contributed by atoms with Crippen molar-refractivity contribution in [1.29, 1.82) is 0 Å². The molecule has 0 unspecified atom stereocenters. The smallest absolute Gasteiger partial charge is 0.0681 e. The van der Waals surface area contributed by atoms with Crippen LogP contribution in [0.1, 0.15) is 11.1 Å². The summed E-state index contributed by atoms with van der Waals surface area (Å²) in [5, 5.41) is 13.1. The van der Waals surface area contributed by atoms with Gasteiger partial charge in [-0.15, -0.1) is 0 Å². The lowest BCUT2D eigenvalue weighted by Gasteiger charge is -2.09. The van der Waals surface area contributed by atoms with Gasteiger partial charge in [-0.3, -0.25) is 0 Å². The molecule has 0 amide bonds. The van der Waals surface area contributed by atoms with Gasteiger partial charge < -0.3 is 10.4 Å². The summed E-state index contributed by atoms with van der Waals surface area (Å²) in [6.45, 7) is 0.839. The van der Waals surface area contributed by atoms with Gasteiger partial charge in [0.15, 0.2) is 0 Å². The predicted octanol–water partition coefficient (Wildman–Crippen LogP) is 4.05. The summed E-state index contributed by atoms with van der Waals surface area (Å²) < 4.78 is 1.10. The van der Waals surface area contributed by atoms with Gasteiger partial charge in [-0.05, 0) is 51.9 Å². The molecule has 0 aliphatic heterocycles. The van der Waals surface area contributed by atoms with Crippen LogP contribution in [0.3, 0.4) is 0 Å². The molecule has 0 radical (unpaired) electrons. The summed E-state index contributed by atoms with van der Waals surface area (Å²) in [6.07, 6.45) is 0. The Hall–Kier alpha value is -0.780. The van der Waals surface area contributed by atoms with Crippen molar-refractivity contribution in [2.24, 2.45) is 0 Å². The first-order valence-corrected chi connectivity index (χ1v) is 7.02. The van der Waals surface area contributed by atoms with Crippen LogP contribution in [0.5, 0.6) is 0 Å². The van der Waals surface area contributed by atoms with E-state index in [1.165, 1.54) is 5.56 Å². The summed E-state index contributed by atoms with van der Waals surface area (Å²) in [5.74, 6) is 0. The molecular weight excluding hydrogens is 361 g/mol. The number of halogens is 2. The number of hydrogen-bond donors (Lipinski definition) is 2. The SMILES string of the molecule is OCc1ccc(CNc2ccc(Cl)cc2I)cc1. The van der Waals surface area contributed by atoms with E-state index in [0.717, 1.165) is 26.4 Å². The van der Waals surface area contributed by atoms with E-state index >= 15 is 0 Å². The van der Waals surface area contributed by atoms with E-state index in [1.807, 2.05) is 42.5 Å². The molecule has 0 aromatic heterocycles. The number of nitrogens with one attached hydrogen (secondary N) is 1. The van der Waals surface area contributed by atoms with Crippen molar-refractivity contribution < 1.29 is 5.11 Å². The van der Waals surface area contributed by atoms with Crippen LogP contribution in [0.2, 0.25) is 5.02 Å². The lowest BCUT2D eigenvalue weighted by atomic mass is 10.1. The second kappa shape index (κ2) is 6.41. The average Bonchev–Trinajstić information content (AvgIpc) is 2.38. The minimum atomic E-state index is 0.0861. The summed E-state index contributed by atoms with van der Waals surface area (Å²) in [4.78, 5) is 0. The van der Waals surface area contributed by atoms with E-state index in [-0.39, 0.29) is 6.61 Å². The van der Waals surface area contributed by atoms with Crippen LogP contribution < -0.4 is 5.32 Å². The lowest BCUT2D eigenvalue weighted by Crippen LogP contribution is -2.01. The Morgan fingerprint density at radius 2 is 1.72 bits per heavy atom. The zero-order valence-corrected chi connectivity index (χ0v) is 12.6. The molecule has 2 N–H and O–H groups in total. The fraction of sp³-hybridized carbons (Fsp3) is 0.143. The first-order chi connectivity index (χ1) is 8.69. The van der Waals surface area contributed by atoms with Gasteiger partial charge in [-0.2, -0.15) is 0 Å². The number of rotatable bonds is 4. The molecule has 94 valence electrons. The van der Waals surface area contributed by atoms with Gasteiger partial charge in [0.05, 0.1) is 6.61 Å². The van der Waals surface area contributed by atoms with Gasteiger partial charge in [-0.25, -0.2) is 0 Å². The molecule has 0 saturated carbocycles. The Kier molecular flexibility index (Phi) is 4.86. The van der Waals surface area contributed by atoms with Crippen molar-refractivity contribution in [3.63, 3.8) is 0 Å².